The smallest absolute Gasteiger partial charge is 0.251 e. The van der Waals surface area contributed by atoms with Gasteiger partial charge in [-0.25, -0.2) is 0 Å². The Labute approximate surface area is 124 Å². The van der Waals surface area contributed by atoms with Crippen molar-refractivity contribution in [3.63, 3.8) is 0 Å². The lowest BCUT2D eigenvalue weighted by molar-refractivity contribution is 0.0951. The highest BCUT2D eigenvalue weighted by atomic mass is 16.1. The minimum absolute atomic E-state index is 0.0658. The first-order valence-electron chi connectivity index (χ1n) is 8.02. The van der Waals surface area contributed by atoms with Crippen LogP contribution in [-0.2, 0) is 0 Å². The summed E-state index contributed by atoms with van der Waals surface area (Å²) in [4.78, 5) is 12.0. The van der Waals surface area contributed by atoms with Crippen LogP contribution in [0.25, 0.3) is 0 Å². The molecular formula is C18H29NO. The van der Waals surface area contributed by atoms with Gasteiger partial charge in [-0.2, -0.15) is 0 Å². The van der Waals surface area contributed by atoms with Gasteiger partial charge in [-0.3, -0.25) is 4.79 Å². The number of benzene rings is 1. The highest BCUT2D eigenvalue weighted by Gasteiger charge is 2.15. The Balaban J connectivity index is 0.000000956. The zero-order chi connectivity index (χ0) is 15.0. The van der Waals surface area contributed by atoms with Gasteiger partial charge in [0.25, 0.3) is 5.91 Å². The van der Waals surface area contributed by atoms with Gasteiger partial charge >= 0.3 is 0 Å². The summed E-state index contributed by atoms with van der Waals surface area (Å²) in [5.74, 6) is 0.904. The van der Waals surface area contributed by atoms with Crippen molar-refractivity contribution in [2.45, 2.75) is 59.8 Å². The van der Waals surface area contributed by atoms with Crippen LogP contribution in [-0.4, -0.2) is 12.5 Å². The first-order chi connectivity index (χ1) is 9.66. The molecule has 112 valence electrons. The van der Waals surface area contributed by atoms with Crippen LogP contribution in [0.3, 0.4) is 0 Å². The Morgan fingerprint density at radius 1 is 1.15 bits per heavy atom. The van der Waals surface area contributed by atoms with Crippen molar-refractivity contribution < 1.29 is 4.79 Å². The number of rotatable bonds is 4. The molecule has 0 atom stereocenters. The van der Waals surface area contributed by atoms with Crippen LogP contribution in [0.5, 0.6) is 0 Å². The molecule has 2 nitrogen and oxygen atoms in total. The van der Waals surface area contributed by atoms with Gasteiger partial charge in [-0.1, -0.05) is 45.6 Å². The summed E-state index contributed by atoms with van der Waals surface area (Å²) in [6.07, 6.45) is 6.57. The molecule has 1 aromatic carbocycles. The summed E-state index contributed by atoms with van der Waals surface area (Å²) in [6.45, 7) is 8.93. The Morgan fingerprint density at radius 3 is 2.40 bits per heavy atom. The molecule has 1 aromatic rings. The van der Waals surface area contributed by atoms with E-state index in [4.69, 9.17) is 0 Å². The van der Waals surface area contributed by atoms with Crippen LogP contribution in [0.2, 0.25) is 0 Å². The third kappa shape index (κ3) is 4.99. The summed E-state index contributed by atoms with van der Waals surface area (Å²) in [5, 5.41) is 3.03. The van der Waals surface area contributed by atoms with Gasteiger partial charge in [0, 0.05) is 12.1 Å². The number of carbonyl (C=O) groups is 1. The van der Waals surface area contributed by atoms with Crippen LogP contribution in [0, 0.1) is 19.8 Å². The summed E-state index contributed by atoms with van der Waals surface area (Å²) in [7, 11) is 0. The van der Waals surface area contributed by atoms with E-state index in [2.05, 4.69) is 12.2 Å². The van der Waals surface area contributed by atoms with Gasteiger partial charge in [-0.05, 0) is 49.4 Å². The predicted octanol–water partition coefficient (Wildman–Crippen LogP) is 4.64. The second-order valence-corrected chi connectivity index (χ2v) is 5.49. The highest BCUT2D eigenvalue weighted by Crippen LogP contribution is 2.26. The molecule has 1 N–H and O–H groups in total. The lowest BCUT2D eigenvalue weighted by Gasteiger charge is -2.10. The van der Waals surface area contributed by atoms with Gasteiger partial charge < -0.3 is 5.32 Å². The van der Waals surface area contributed by atoms with Crippen LogP contribution >= 0.6 is 0 Å². The van der Waals surface area contributed by atoms with Crippen molar-refractivity contribution in [1.29, 1.82) is 0 Å². The van der Waals surface area contributed by atoms with Gasteiger partial charge in [0.2, 0.25) is 0 Å². The fourth-order valence-electron chi connectivity index (χ4n) is 2.67. The lowest BCUT2D eigenvalue weighted by Crippen LogP contribution is -2.25. The molecule has 0 aromatic heterocycles. The fourth-order valence-corrected chi connectivity index (χ4v) is 2.67. The molecule has 1 aliphatic carbocycles. The summed E-state index contributed by atoms with van der Waals surface area (Å²) in [5.41, 5.74) is 3.19. The van der Waals surface area contributed by atoms with Gasteiger partial charge in [-0.15, -0.1) is 0 Å². The Hall–Kier alpha value is -1.31. The summed E-state index contributed by atoms with van der Waals surface area (Å²) < 4.78 is 0. The zero-order valence-electron chi connectivity index (χ0n) is 13.5. The molecule has 2 heteroatoms. The van der Waals surface area contributed by atoms with Crippen molar-refractivity contribution in [2.24, 2.45) is 5.92 Å². The van der Waals surface area contributed by atoms with E-state index in [1.54, 1.807) is 0 Å². The number of amides is 1. The second-order valence-electron chi connectivity index (χ2n) is 5.49. The molecule has 0 heterocycles. The molecule has 0 saturated heterocycles. The first-order valence-corrected chi connectivity index (χ1v) is 8.02. The molecule has 0 bridgehead atoms. The Kier molecular flexibility index (Phi) is 7.35. The average molecular weight is 275 g/mol. The van der Waals surface area contributed by atoms with Gasteiger partial charge in [0.15, 0.2) is 0 Å². The number of carbonyl (C=O) groups excluding carboxylic acids is 1. The van der Waals surface area contributed by atoms with Crippen LogP contribution in [0.15, 0.2) is 18.2 Å². The maximum absolute atomic E-state index is 12.0. The van der Waals surface area contributed by atoms with Crippen LogP contribution in [0.4, 0.5) is 0 Å². The van der Waals surface area contributed by atoms with Crippen molar-refractivity contribution >= 4 is 5.91 Å². The molecule has 20 heavy (non-hydrogen) atoms. The molecule has 1 amide bonds. The number of hydrogen-bond donors (Lipinski definition) is 1. The average Bonchev–Trinajstić information content (AvgIpc) is 2.97. The normalized spacial score (nSPS) is 14.6. The van der Waals surface area contributed by atoms with E-state index in [1.807, 2.05) is 39.0 Å². The third-order valence-corrected chi connectivity index (χ3v) is 4.08. The molecule has 2 rings (SSSR count). The third-order valence-electron chi connectivity index (χ3n) is 4.08. The van der Waals surface area contributed by atoms with E-state index in [-0.39, 0.29) is 5.91 Å². The van der Waals surface area contributed by atoms with E-state index in [0.717, 1.165) is 24.4 Å². The molecule has 1 fully saturated rings. The van der Waals surface area contributed by atoms with E-state index in [9.17, 15) is 4.79 Å². The van der Waals surface area contributed by atoms with Gasteiger partial charge in [0.1, 0.15) is 0 Å². The zero-order valence-corrected chi connectivity index (χ0v) is 13.5. The highest BCUT2D eigenvalue weighted by molar-refractivity contribution is 5.94. The lowest BCUT2D eigenvalue weighted by atomic mass is 10.0. The maximum Gasteiger partial charge on any atom is 0.251 e. The van der Waals surface area contributed by atoms with Crippen molar-refractivity contribution in [2.75, 3.05) is 6.54 Å². The molecular weight excluding hydrogens is 246 g/mol. The van der Waals surface area contributed by atoms with E-state index in [1.165, 1.54) is 36.8 Å². The molecule has 0 radical (unpaired) electrons. The largest absolute Gasteiger partial charge is 0.352 e. The number of nitrogens with one attached hydrogen (secondary N) is 1. The van der Waals surface area contributed by atoms with Gasteiger partial charge in [0.05, 0.1) is 0 Å². The first kappa shape index (κ1) is 16.7. The van der Waals surface area contributed by atoms with Crippen molar-refractivity contribution in [1.82, 2.24) is 5.32 Å². The predicted molar refractivity (Wildman–Crippen MR) is 86.2 cm³/mol. The Bertz CT molecular complexity index is 419. The summed E-state index contributed by atoms with van der Waals surface area (Å²) in [6, 6.07) is 5.90. The SMILES string of the molecule is CC.Cc1ccc(C(=O)NCCC2CCCC2)cc1C. The quantitative estimate of drug-likeness (QED) is 0.852. The molecule has 0 aliphatic heterocycles. The molecule has 0 unspecified atom stereocenters. The fraction of sp³-hybridized carbons (Fsp3) is 0.611. The topological polar surface area (TPSA) is 29.1 Å². The summed E-state index contributed by atoms with van der Waals surface area (Å²) >= 11 is 0. The minimum Gasteiger partial charge on any atom is -0.352 e. The van der Waals surface area contributed by atoms with E-state index >= 15 is 0 Å². The Morgan fingerprint density at radius 2 is 1.80 bits per heavy atom. The monoisotopic (exact) mass is 275 g/mol. The van der Waals surface area contributed by atoms with Crippen molar-refractivity contribution in [3.8, 4) is 0 Å². The molecule has 0 spiro atoms. The number of hydrogen-bond acceptors (Lipinski definition) is 1. The van der Waals surface area contributed by atoms with Crippen LogP contribution < -0.4 is 5.32 Å². The minimum atomic E-state index is 0.0658. The number of aryl methyl sites for hydroxylation is 2. The molecule has 1 saturated carbocycles. The molecule has 1 aliphatic rings. The standard InChI is InChI=1S/C16H23NO.C2H6/c1-12-7-8-15(11-13(12)2)16(18)17-10-9-14-5-3-4-6-14;1-2/h7-8,11,14H,3-6,9-10H2,1-2H3,(H,17,18);1-2H3. The van der Waals surface area contributed by atoms with Crippen molar-refractivity contribution in [3.05, 3.63) is 34.9 Å². The van der Waals surface area contributed by atoms with Crippen LogP contribution in [0.1, 0.15) is 67.4 Å². The maximum atomic E-state index is 12.0. The van der Waals surface area contributed by atoms with E-state index < -0.39 is 0 Å². The van der Waals surface area contributed by atoms with E-state index in [0.29, 0.717) is 0 Å². The second kappa shape index (κ2) is 8.78.